The van der Waals surface area contributed by atoms with Crippen LogP contribution in [0, 0.1) is 0 Å². The molecule has 3 nitrogen and oxygen atoms in total. The lowest BCUT2D eigenvalue weighted by Crippen LogP contribution is -2.24. The summed E-state index contributed by atoms with van der Waals surface area (Å²) in [6.07, 6.45) is 9.58. The maximum absolute atomic E-state index is 11.7. The second-order valence-electron chi connectivity index (χ2n) is 5.33. The first-order chi connectivity index (χ1) is 8.33. The molecule has 0 spiro atoms. The van der Waals surface area contributed by atoms with Gasteiger partial charge in [0.2, 0.25) is 6.29 Å². The van der Waals surface area contributed by atoms with Gasteiger partial charge in [-0.1, -0.05) is 19.3 Å². The van der Waals surface area contributed by atoms with E-state index in [1.54, 1.807) is 0 Å². The topological polar surface area (TPSA) is 35.5 Å². The normalized spacial score (nSPS) is 30.4. The molecule has 1 saturated carbocycles. The van der Waals surface area contributed by atoms with Crippen molar-refractivity contribution >= 4 is 5.78 Å². The van der Waals surface area contributed by atoms with Crippen molar-refractivity contribution in [2.24, 2.45) is 0 Å². The van der Waals surface area contributed by atoms with Gasteiger partial charge in [-0.15, -0.1) is 0 Å². The SMILES string of the molecule is O=C1CCCC2=C1CC(OC1CCCCC1)O2. The van der Waals surface area contributed by atoms with Crippen LogP contribution in [0.4, 0.5) is 0 Å². The van der Waals surface area contributed by atoms with Gasteiger partial charge in [0, 0.05) is 24.8 Å². The Kier molecular flexibility index (Phi) is 3.19. The van der Waals surface area contributed by atoms with Crippen LogP contribution in [0.2, 0.25) is 0 Å². The van der Waals surface area contributed by atoms with Gasteiger partial charge in [-0.3, -0.25) is 4.79 Å². The average Bonchev–Trinajstić information content (AvgIpc) is 2.74. The van der Waals surface area contributed by atoms with Gasteiger partial charge in [-0.25, -0.2) is 0 Å². The van der Waals surface area contributed by atoms with E-state index < -0.39 is 0 Å². The van der Waals surface area contributed by atoms with E-state index >= 15 is 0 Å². The number of ether oxygens (including phenoxy) is 2. The molecule has 3 rings (SSSR count). The first-order valence-corrected chi connectivity index (χ1v) is 6.90. The summed E-state index contributed by atoms with van der Waals surface area (Å²) in [6, 6.07) is 0. The molecular formula is C14H20O3. The Labute approximate surface area is 102 Å². The Morgan fingerprint density at radius 2 is 1.88 bits per heavy atom. The van der Waals surface area contributed by atoms with Crippen LogP contribution < -0.4 is 0 Å². The summed E-state index contributed by atoms with van der Waals surface area (Å²) in [5, 5.41) is 0. The zero-order valence-electron chi connectivity index (χ0n) is 10.2. The molecular weight excluding hydrogens is 216 g/mol. The van der Waals surface area contributed by atoms with E-state index in [4.69, 9.17) is 9.47 Å². The van der Waals surface area contributed by atoms with Crippen molar-refractivity contribution in [2.75, 3.05) is 0 Å². The fourth-order valence-corrected chi connectivity index (χ4v) is 3.08. The van der Waals surface area contributed by atoms with Crippen molar-refractivity contribution in [3.8, 4) is 0 Å². The second-order valence-corrected chi connectivity index (χ2v) is 5.33. The van der Waals surface area contributed by atoms with Crippen LogP contribution >= 0.6 is 0 Å². The number of carbonyl (C=O) groups excluding carboxylic acids is 1. The fourth-order valence-electron chi connectivity index (χ4n) is 3.08. The highest BCUT2D eigenvalue weighted by Gasteiger charge is 2.34. The Hall–Kier alpha value is -0.830. The van der Waals surface area contributed by atoms with Gasteiger partial charge in [-0.05, 0) is 19.3 Å². The van der Waals surface area contributed by atoms with Crippen molar-refractivity contribution < 1.29 is 14.3 Å². The quantitative estimate of drug-likeness (QED) is 0.739. The van der Waals surface area contributed by atoms with Gasteiger partial charge >= 0.3 is 0 Å². The monoisotopic (exact) mass is 236 g/mol. The molecule has 1 unspecified atom stereocenters. The molecule has 1 atom stereocenters. The fraction of sp³-hybridized carbons (Fsp3) is 0.786. The van der Waals surface area contributed by atoms with E-state index in [0.717, 1.165) is 37.0 Å². The van der Waals surface area contributed by atoms with Crippen molar-refractivity contribution in [2.45, 2.75) is 70.2 Å². The van der Waals surface area contributed by atoms with Crippen molar-refractivity contribution in [3.05, 3.63) is 11.3 Å². The number of carbonyl (C=O) groups is 1. The van der Waals surface area contributed by atoms with Gasteiger partial charge in [-0.2, -0.15) is 0 Å². The van der Waals surface area contributed by atoms with E-state index in [-0.39, 0.29) is 12.1 Å². The molecule has 2 aliphatic carbocycles. The summed E-state index contributed by atoms with van der Waals surface area (Å²) in [7, 11) is 0. The molecule has 1 aliphatic heterocycles. The molecule has 0 bridgehead atoms. The maximum Gasteiger partial charge on any atom is 0.203 e. The molecule has 0 amide bonds. The number of allylic oxidation sites excluding steroid dienone is 1. The lowest BCUT2D eigenvalue weighted by atomic mass is 9.95. The van der Waals surface area contributed by atoms with E-state index in [9.17, 15) is 4.79 Å². The summed E-state index contributed by atoms with van der Waals surface area (Å²) in [6.45, 7) is 0. The summed E-state index contributed by atoms with van der Waals surface area (Å²) in [4.78, 5) is 11.7. The van der Waals surface area contributed by atoms with Gasteiger partial charge in [0.25, 0.3) is 0 Å². The predicted octanol–water partition coefficient (Wildman–Crippen LogP) is 3.09. The van der Waals surface area contributed by atoms with Crippen LogP contribution in [0.25, 0.3) is 0 Å². The first-order valence-electron chi connectivity index (χ1n) is 6.90. The zero-order valence-corrected chi connectivity index (χ0v) is 10.2. The molecule has 94 valence electrons. The van der Waals surface area contributed by atoms with Crippen LogP contribution in [-0.4, -0.2) is 18.2 Å². The Morgan fingerprint density at radius 3 is 2.65 bits per heavy atom. The molecule has 0 N–H and O–H groups in total. The lowest BCUT2D eigenvalue weighted by Gasteiger charge is -2.25. The Morgan fingerprint density at radius 1 is 1.06 bits per heavy atom. The van der Waals surface area contributed by atoms with Crippen LogP contribution in [0.1, 0.15) is 57.8 Å². The first kappa shape index (κ1) is 11.3. The van der Waals surface area contributed by atoms with Crippen molar-refractivity contribution in [3.63, 3.8) is 0 Å². The number of hydrogen-bond donors (Lipinski definition) is 0. The minimum Gasteiger partial charge on any atom is -0.468 e. The highest BCUT2D eigenvalue weighted by molar-refractivity contribution is 5.96. The van der Waals surface area contributed by atoms with Gasteiger partial charge in [0.05, 0.1) is 6.10 Å². The van der Waals surface area contributed by atoms with Crippen LogP contribution in [0.3, 0.4) is 0 Å². The lowest BCUT2D eigenvalue weighted by molar-refractivity contribution is -0.144. The third-order valence-electron chi connectivity index (χ3n) is 4.02. The van der Waals surface area contributed by atoms with Gasteiger partial charge in [0.15, 0.2) is 5.78 Å². The third kappa shape index (κ3) is 2.39. The van der Waals surface area contributed by atoms with Crippen LogP contribution in [-0.2, 0) is 14.3 Å². The largest absolute Gasteiger partial charge is 0.468 e. The molecule has 0 aromatic heterocycles. The van der Waals surface area contributed by atoms with Crippen LogP contribution in [0.15, 0.2) is 11.3 Å². The van der Waals surface area contributed by atoms with Gasteiger partial charge in [0.1, 0.15) is 5.76 Å². The van der Waals surface area contributed by atoms with Crippen LogP contribution in [0.5, 0.6) is 0 Å². The summed E-state index contributed by atoms with van der Waals surface area (Å²) in [5.41, 5.74) is 0.914. The standard InChI is InChI=1S/C14H20O3/c15-12-7-4-8-13-11(12)9-14(17-13)16-10-5-2-1-3-6-10/h10,14H,1-9H2. The molecule has 3 aliphatic rings. The highest BCUT2D eigenvalue weighted by Crippen LogP contribution is 2.35. The minimum atomic E-state index is -0.176. The molecule has 1 fully saturated rings. The highest BCUT2D eigenvalue weighted by atomic mass is 16.7. The van der Waals surface area contributed by atoms with E-state index in [0.29, 0.717) is 18.9 Å². The second kappa shape index (κ2) is 4.81. The smallest absolute Gasteiger partial charge is 0.203 e. The molecule has 17 heavy (non-hydrogen) atoms. The molecule has 0 radical (unpaired) electrons. The average molecular weight is 236 g/mol. The number of Topliss-reactive ketones (excluding diaryl/α,β-unsaturated/α-hetero) is 1. The molecule has 0 saturated heterocycles. The molecule has 1 heterocycles. The summed E-state index contributed by atoms with van der Waals surface area (Å²) < 4.78 is 11.8. The summed E-state index contributed by atoms with van der Waals surface area (Å²) >= 11 is 0. The van der Waals surface area contributed by atoms with E-state index in [2.05, 4.69) is 0 Å². The number of ketones is 1. The minimum absolute atomic E-state index is 0.176. The maximum atomic E-state index is 11.7. The third-order valence-corrected chi connectivity index (χ3v) is 4.02. The molecule has 0 aromatic carbocycles. The van der Waals surface area contributed by atoms with Crippen molar-refractivity contribution in [1.29, 1.82) is 0 Å². The van der Waals surface area contributed by atoms with Gasteiger partial charge < -0.3 is 9.47 Å². The van der Waals surface area contributed by atoms with Crippen molar-refractivity contribution in [1.82, 2.24) is 0 Å². The zero-order chi connectivity index (χ0) is 11.7. The Bertz CT molecular complexity index is 339. The molecule has 0 aromatic rings. The number of rotatable bonds is 2. The van der Waals surface area contributed by atoms with E-state index in [1.165, 1.54) is 19.3 Å². The Balaban J connectivity index is 1.56. The van der Waals surface area contributed by atoms with E-state index in [1.807, 2.05) is 0 Å². The predicted molar refractivity (Wildman–Crippen MR) is 63.3 cm³/mol. The summed E-state index contributed by atoms with van der Waals surface area (Å²) in [5.74, 6) is 1.20. The number of hydrogen-bond acceptors (Lipinski definition) is 3. The molecule has 3 heteroatoms.